The monoisotopic (exact) mass is 359 g/mol. The van der Waals surface area contributed by atoms with Crippen molar-refractivity contribution < 1.29 is 9.59 Å². The van der Waals surface area contributed by atoms with Crippen molar-refractivity contribution in [2.75, 3.05) is 0 Å². The molecule has 0 bridgehead atoms. The summed E-state index contributed by atoms with van der Waals surface area (Å²) in [6, 6.07) is 17.1. The molecule has 4 rings (SSSR count). The highest BCUT2D eigenvalue weighted by molar-refractivity contribution is 6.08. The fraction of sp³-hybridized carbons (Fsp3) is 0.182. The quantitative estimate of drug-likeness (QED) is 0.704. The van der Waals surface area contributed by atoms with Gasteiger partial charge < -0.3 is 15.2 Å². The number of hydrogen-bond donors (Lipinski definition) is 2. The van der Waals surface area contributed by atoms with Gasteiger partial charge in [0.1, 0.15) is 11.7 Å². The summed E-state index contributed by atoms with van der Waals surface area (Å²) >= 11 is 0. The Hall–Kier alpha value is -3.34. The molecule has 0 spiro atoms. The van der Waals surface area contributed by atoms with Gasteiger partial charge in [-0.1, -0.05) is 48.5 Å². The van der Waals surface area contributed by atoms with Crippen LogP contribution in [0.3, 0.4) is 0 Å². The van der Waals surface area contributed by atoms with Gasteiger partial charge in [0.15, 0.2) is 0 Å². The Morgan fingerprint density at radius 2 is 1.74 bits per heavy atom. The van der Waals surface area contributed by atoms with E-state index in [9.17, 15) is 9.59 Å². The first-order valence-corrected chi connectivity index (χ1v) is 8.99. The zero-order chi connectivity index (χ0) is 19.0. The van der Waals surface area contributed by atoms with Crippen molar-refractivity contribution >= 4 is 28.8 Å². The number of nitrogens with one attached hydrogen (secondary N) is 2. The molecule has 2 amide bonds. The molecule has 1 aliphatic rings. The van der Waals surface area contributed by atoms with Crippen LogP contribution in [-0.2, 0) is 16.1 Å². The van der Waals surface area contributed by atoms with E-state index in [-0.39, 0.29) is 11.8 Å². The first-order chi connectivity index (χ1) is 13.0. The predicted octanol–water partition coefficient (Wildman–Crippen LogP) is 3.36. The molecule has 0 unspecified atom stereocenters. The average molecular weight is 359 g/mol. The molecule has 5 nitrogen and oxygen atoms in total. The predicted molar refractivity (Wildman–Crippen MR) is 106 cm³/mol. The second kappa shape index (κ2) is 6.76. The number of benzene rings is 2. The Balaban J connectivity index is 1.72. The molecule has 27 heavy (non-hydrogen) atoms. The van der Waals surface area contributed by atoms with Gasteiger partial charge in [-0.3, -0.25) is 9.59 Å². The molecule has 1 fully saturated rings. The molecule has 5 heteroatoms. The minimum absolute atomic E-state index is 0.171. The zero-order valence-electron chi connectivity index (χ0n) is 15.3. The number of aromatic amines is 1. The highest BCUT2D eigenvalue weighted by atomic mass is 16.2. The normalized spacial score (nSPS) is 19.0. The molecule has 1 atom stereocenters. The lowest BCUT2D eigenvalue weighted by Crippen LogP contribution is -2.55. The average Bonchev–Trinajstić information content (AvgIpc) is 2.99. The van der Waals surface area contributed by atoms with E-state index in [4.69, 9.17) is 0 Å². The lowest BCUT2D eigenvalue weighted by Gasteiger charge is -2.34. The van der Waals surface area contributed by atoms with Crippen LogP contribution in [-0.4, -0.2) is 27.7 Å². The second-order valence-corrected chi connectivity index (χ2v) is 6.85. The summed E-state index contributed by atoms with van der Waals surface area (Å²) in [5, 5.41) is 3.80. The van der Waals surface area contributed by atoms with Crippen molar-refractivity contribution in [2.45, 2.75) is 26.4 Å². The maximum Gasteiger partial charge on any atom is 0.271 e. The lowest BCUT2D eigenvalue weighted by atomic mass is 10.1. The Labute approximate surface area is 157 Å². The van der Waals surface area contributed by atoms with Gasteiger partial charge in [-0.05, 0) is 31.6 Å². The third-order valence-electron chi connectivity index (χ3n) is 5.02. The lowest BCUT2D eigenvalue weighted by molar-refractivity contribution is -0.142. The molecule has 0 aliphatic carbocycles. The first-order valence-electron chi connectivity index (χ1n) is 8.99. The number of aromatic nitrogens is 1. The topological polar surface area (TPSA) is 65.2 Å². The summed E-state index contributed by atoms with van der Waals surface area (Å²) in [6.45, 7) is 4.12. The maximum atomic E-state index is 13.1. The summed E-state index contributed by atoms with van der Waals surface area (Å²) in [7, 11) is 0. The maximum absolute atomic E-state index is 13.1. The third kappa shape index (κ3) is 3.12. The number of hydrogen-bond acceptors (Lipinski definition) is 2. The Morgan fingerprint density at radius 1 is 1.04 bits per heavy atom. The molecule has 136 valence electrons. The summed E-state index contributed by atoms with van der Waals surface area (Å²) < 4.78 is 0. The van der Waals surface area contributed by atoms with E-state index >= 15 is 0 Å². The van der Waals surface area contributed by atoms with Crippen LogP contribution in [0, 0.1) is 6.92 Å². The molecule has 1 aliphatic heterocycles. The number of fused-ring (bicyclic) bond motifs is 1. The van der Waals surface area contributed by atoms with Gasteiger partial charge >= 0.3 is 0 Å². The van der Waals surface area contributed by atoms with Gasteiger partial charge in [0.25, 0.3) is 5.91 Å². The van der Waals surface area contributed by atoms with E-state index in [1.165, 1.54) is 0 Å². The van der Waals surface area contributed by atoms with E-state index in [0.717, 1.165) is 27.7 Å². The number of nitrogens with zero attached hydrogens (tertiary/aromatic N) is 1. The van der Waals surface area contributed by atoms with Gasteiger partial charge in [0.2, 0.25) is 5.91 Å². The molecular weight excluding hydrogens is 338 g/mol. The molecular formula is C22H21N3O2. The zero-order valence-corrected chi connectivity index (χ0v) is 15.3. The third-order valence-corrected chi connectivity index (χ3v) is 5.02. The standard InChI is InChI=1S/C22H21N3O2/c1-14-18(17-10-6-7-11-19(17)23-14)12-20-22(27)25(15(2)21(26)24-20)13-16-8-4-3-5-9-16/h3-12,15,23H,13H2,1-2H3,(H,24,26)/b20-12-/t15-/m1/s1. The molecule has 1 saturated heterocycles. The summed E-state index contributed by atoms with van der Waals surface area (Å²) in [5.41, 5.74) is 4.19. The molecule has 2 heterocycles. The van der Waals surface area contributed by atoms with Gasteiger partial charge in [-0.25, -0.2) is 0 Å². The summed E-state index contributed by atoms with van der Waals surface area (Å²) in [5.74, 6) is -0.343. The van der Waals surface area contributed by atoms with Gasteiger partial charge in [-0.2, -0.15) is 0 Å². The Kier molecular flexibility index (Phi) is 4.28. The minimum Gasteiger partial charge on any atom is -0.358 e. The number of carbonyl (C=O) groups is 2. The van der Waals surface area contributed by atoms with Crippen LogP contribution < -0.4 is 5.32 Å². The SMILES string of the molecule is Cc1[nH]c2ccccc2c1/C=C1\NC(=O)[C@@H](C)N(Cc2ccccc2)C1=O. The number of aryl methyl sites for hydroxylation is 1. The van der Waals surface area contributed by atoms with E-state index in [1.54, 1.807) is 17.9 Å². The van der Waals surface area contributed by atoms with Gasteiger partial charge in [-0.15, -0.1) is 0 Å². The van der Waals surface area contributed by atoms with E-state index in [1.807, 2.05) is 61.5 Å². The van der Waals surface area contributed by atoms with Crippen molar-refractivity contribution in [3.8, 4) is 0 Å². The molecule has 0 radical (unpaired) electrons. The molecule has 2 aromatic carbocycles. The van der Waals surface area contributed by atoms with Crippen molar-refractivity contribution in [3.05, 3.63) is 77.1 Å². The largest absolute Gasteiger partial charge is 0.358 e. The van der Waals surface area contributed by atoms with Crippen molar-refractivity contribution in [3.63, 3.8) is 0 Å². The Morgan fingerprint density at radius 3 is 2.52 bits per heavy atom. The number of carbonyl (C=O) groups excluding carboxylic acids is 2. The van der Waals surface area contributed by atoms with Crippen LogP contribution in [0.25, 0.3) is 17.0 Å². The summed E-state index contributed by atoms with van der Waals surface area (Å²) in [6.07, 6.45) is 1.78. The Bertz CT molecular complexity index is 1050. The highest BCUT2D eigenvalue weighted by Gasteiger charge is 2.34. The minimum atomic E-state index is -0.515. The van der Waals surface area contributed by atoms with Crippen molar-refractivity contribution in [1.82, 2.24) is 15.2 Å². The molecule has 3 aromatic rings. The summed E-state index contributed by atoms with van der Waals surface area (Å²) in [4.78, 5) is 30.5. The van der Waals surface area contributed by atoms with E-state index in [2.05, 4.69) is 10.3 Å². The number of amides is 2. The van der Waals surface area contributed by atoms with Gasteiger partial charge in [0, 0.05) is 28.7 Å². The second-order valence-electron chi connectivity index (χ2n) is 6.85. The van der Waals surface area contributed by atoms with E-state index in [0.29, 0.717) is 12.2 Å². The molecule has 0 saturated carbocycles. The number of para-hydroxylation sites is 1. The number of piperazine rings is 1. The molecule has 2 N–H and O–H groups in total. The van der Waals surface area contributed by atoms with Crippen LogP contribution in [0.5, 0.6) is 0 Å². The van der Waals surface area contributed by atoms with Crippen LogP contribution in [0.1, 0.15) is 23.7 Å². The van der Waals surface area contributed by atoms with Crippen molar-refractivity contribution in [2.24, 2.45) is 0 Å². The fourth-order valence-electron chi connectivity index (χ4n) is 3.48. The first kappa shape index (κ1) is 17.1. The van der Waals surface area contributed by atoms with Crippen molar-refractivity contribution in [1.29, 1.82) is 0 Å². The van der Waals surface area contributed by atoms with E-state index < -0.39 is 6.04 Å². The van der Waals surface area contributed by atoms with Crippen LogP contribution >= 0.6 is 0 Å². The van der Waals surface area contributed by atoms with Gasteiger partial charge in [0.05, 0.1) is 0 Å². The van der Waals surface area contributed by atoms with Crippen LogP contribution in [0.2, 0.25) is 0 Å². The number of H-pyrrole nitrogens is 1. The number of rotatable bonds is 3. The highest BCUT2D eigenvalue weighted by Crippen LogP contribution is 2.26. The molecule has 1 aromatic heterocycles. The smallest absolute Gasteiger partial charge is 0.271 e. The van der Waals surface area contributed by atoms with Crippen LogP contribution in [0.4, 0.5) is 0 Å². The van der Waals surface area contributed by atoms with Crippen LogP contribution in [0.15, 0.2) is 60.3 Å². The fourth-order valence-corrected chi connectivity index (χ4v) is 3.48.